The van der Waals surface area contributed by atoms with Crippen molar-refractivity contribution >= 4 is 22.9 Å². The van der Waals surface area contributed by atoms with Crippen LogP contribution in [0.1, 0.15) is 36.1 Å². The maximum atomic E-state index is 12.9. The minimum Gasteiger partial charge on any atom is -0.364 e. The van der Waals surface area contributed by atoms with E-state index < -0.39 is 5.54 Å². The van der Waals surface area contributed by atoms with Crippen LogP contribution in [-0.2, 0) is 22.7 Å². The molecule has 0 saturated heterocycles. The summed E-state index contributed by atoms with van der Waals surface area (Å²) in [6.07, 6.45) is 0. The second kappa shape index (κ2) is 5.70. The van der Waals surface area contributed by atoms with Gasteiger partial charge in [-0.25, -0.2) is 0 Å². The van der Waals surface area contributed by atoms with E-state index in [4.69, 9.17) is 0 Å². The maximum absolute atomic E-state index is 12.9. The molecule has 0 unspecified atom stereocenters. The van der Waals surface area contributed by atoms with E-state index >= 15 is 0 Å². The van der Waals surface area contributed by atoms with Crippen LogP contribution in [0.25, 0.3) is 0 Å². The number of aryl methyl sites for hydroxylation is 2. The molecule has 4 rings (SSSR count). The third kappa shape index (κ3) is 2.28. The van der Waals surface area contributed by atoms with Gasteiger partial charge < -0.3 is 9.80 Å². The van der Waals surface area contributed by atoms with Gasteiger partial charge >= 0.3 is 0 Å². The number of carbonyl (C=O) groups is 2. The molecule has 4 heteroatoms. The van der Waals surface area contributed by atoms with Gasteiger partial charge in [0.05, 0.1) is 6.54 Å². The fourth-order valence-electron chi connectivity index (χ4n) is 4.49. The zero-order valence-electron chi connectivity index (χ0n) is 15.8. The first-order valence-corrected chi connectivity index (χ1v) is 9.06. The highest BCUT2D eigenvalue weighted by Gasteiger charge is 2.51. The summed E-state index contributed by atoms with van der Waals surface area (Å²) in [4.78, 5) is 30.0. The minimum absolute atomic E-state index is 0.0899. The van der Waals surface area contributed by atoms with Crippen LogP contribution in [0.3, 0.4) is 0 Å². The Hall–Kier alpha value is -2.62. The van der Waals surface area contributed by atoms with Crippen LogP contribution < -0.4 is 9.80 Å². The molecular weight excluding hydrogens is 324 g/mol. The number of nitrogens with zero attached hydrogens (tertiary/aromatic N) is 2. The Balaban J connectivity index is 2.03. The monoisotopic (exact) mass is 348 g/mol. The molecule has 2 heterocycles. The molecule has 0 fully saturated rings. The third-order valence-corrected chi connectivity index (χ3v) is 5.84. The number of rotatable bonds is 2. The first kappa shape index (κ1) is 16.8. The molecule has 0 atom stereocenters. The molecule has 0 aromatic heterocycles. The van der Waals surface area contributed by atoms with Crippen LogP contribution >= 0.6 is 0 Å². The molecule has 2 aromatic carbocycles. The Labute approximate surface area is 154 Å². The molecule has 0 aliphatic carbocycles. The van der Waals surface area contributed by atoms with Gasteiger partial charge in [0.1, 0.15) is 0 Å². The molecule has 0 saturated carbocycles. The van der Waals surface area contributed by atoms with Crippen molar-refractivity contribution in [2.24, 2.45) is 0 Å². The summed E-state index contributed by atoms with van der Waals surface area (Å²) in [6, 6.07) is 12.7. The Bertz CT molecular complexity index is 918. The number of fused-ring (bicyclic) bond motifs is 7. The van der Waals surface area contributed by atoms with Gasteiger partial charge in [-0.1, -0.05) is 35.4 Å². The highest BCUT2D eigenvalue weighted by molar-refractivity contribution is 6.14. The Morgan fingerprint density at radius 3 is 1.96 bits per heavy atom. The molecule has 0 N–H and O–H groups in total. The lowest BCUT2D eigenvalue weighted by Gasteiger charge is -2.40. The first-order valence-electron chi connectivity index (χ1n) is 9.06. The Kier molecular flexibility index (Phi) is 3.69. The van der Waals surface area contributed by atoms with Crippen molar-refractivity contribution in [2.45, 2.75) is 46.3 Å². The van der Waals surface area contributed by atoms with E-state index in [0.29, 0.717) is 19.6 Å². The van der Waals surface area contributed by atoms with Gasteiger partial charge in [0, 0.05) is 24.5 Å². The molecule has 2 aliphatic rings. The maximum Gasteiger partial charge on any atom is 0.175 e. The summed E-state index contributed by atoms with van der Waals surface area (Å²) >= 11 is 0. The van der Waals surface area contributed by atoms with Crippen molar-refractivity contribution in [3.63, 3.8) is 0 Å². The van der Waals surface area contributed by atoms with Crippen molar-refractivity contribution in [1.82, 2.24) is 0 Å². The van der Waals surface area contributed by atoms with Gasteiger partial charge in [-0.05, 0) is 51.0 Å². The average Bonchev–Trinajstić information content (AvgIpc) is 2.78. The molecule has 0 radical (unpaired) electrons. The normalized spacial score (nSPS) is 17.2. The highest BCUT2D eigenvalue weighted by atomic mass is 16.2. The molecule has 4 nitrogen and oxygen atoms in total. The second-order valence-electron chi connectivity index (χ2n) is 7.68. The van der Waals surface area contributed by atoms with Crippen LogP contribution in [0.5, 0.6) is 0 Å². The summed E-state index contributed by atoms with van der Waals surface area (Å²) in [5.41, 5.74) is 5.68. The van der Waals surface area contributed by atoms with Crippen molar-refractivity contribution < 1.29 is 9.59 Å². The number of Topliss-reactive ketones (excluding diaryl/α,β-unsaturated/α-hetero) is 2. The number of benzene rings is 2. The van der Waals surface area contributed by atoms with Gasteiger partial charge in [-0.3, -0.25) is 9.59 Å². The van der Waals surface area contributed by atoms with E-state index in [1.165, 1.54) is 22.3 Å². The van der Waals surface area contributed by atoms with Crippen molar-refractivity contribution in [1.29, 1.82) is 0 Å². The highest BCUT2D eigenvalue weighted by Crippen LogP contribution is 2.42. The zero-order chi connectivity index (χ0) is 18.6. The van der Waals surface area contributed by atoms with Crippen molar-refractivity contribution in [3.8, 4) is 0 Å². The lowest BCUT2D eigenvalue weighted by molar-refractivity contribution is -0.132. The summed E-state index contributed by atoms with van der Waals surface area (Å²) < 4.78 is 0. The van der Waals surface area contributed by atoms with Crippen LogP contribution in [0.15, 0.2) is 36.4 Å². The molecular formula is C22H24N2O2. The summed E-state index contributed by atoms with van der Waals surface area (Å²) in [7, 11) is 0. The summed E-state index contributed by atoms with van der Waals surface area (Å²) in [6.45, 7) is 8.90. The molecule has 134 valence electrons. The number of carbonyl (C=O) groups excluding carboxylic acids is 2. The predicted octanol–water partition coefficient (Wildman–Crippen LogP) is 3.56. The molecule has 2 bridgehead atoms. The summed E-state index contributed by atoms with van der Waals surface area (Å²) in [5, 5.41) is 0. The Morgan fingerprint density at radius 1 is 0.846 bits per heavy atom. The van der Waals surface area contributed by atoms with Gasteiger partial charge in [-0.2, -0.15) is 0 Å². The third-order valence-electron chi connectivity index (χ3n) is 5.84. The van der Waals surface area contributed by atoms with Crippen LogP contribution in [0.4, 0.5) is 11.4 Å². The molecule has 26 heavy (non-hydrogen) atoms. The number of ketones is 2. The largest absolute Gasteiger partial charge is 0.364 e. The van der Waals surface area contributed by atoms with Crippen molar-refractivity contribution in [2.75, 3.05) is 16.3 Å². The average molecular weight is 348 g/mol. The molecule has 2 aliphatic heterocycles. The topological polar surface area (TPSA) is 40.6 Å². The molecule has 2 aromatic rings. The van der Waals surface area contributed by atoms with E-state index in [1.54, 1.807) is 13.8 Å². The lowest BCUT2D eigenvalue weighted by Crippen LogP contribution is -2.62. The molecule has 0 spiro atoms. The minimum atomic E-state index is -1.15. The quantitative estimate of drug-likeness (QED) is 0.778. The lowest BCUT2D eigenvalue weighted by atomic mass is 9.87. The van der Waals surface area contributed by atoms with Gasteiger partial charge in [0.2, 0.25) is 0 Å². The fourth-order valence-corrected chi connectivity index (χ4v) is 4.49. The van der Waals surface area contributed by atoms with Gasteiger partial charge in [-0.15, -0.1) is 0 Å². The van der Waals surface area contributed by atoms with Crippen LogP contribution in [0.2, 0.25) is 0 Å². The number of hydrogen-bond acceptors (Lipinski definition) is 4. The van der Waals surface area contributed by atoms with Crippen LogP contribution in [-0.4, -0.2) is 23.7 Å². The van der Waals surface area contributed by atoms with E-state index in [-0.39, 0.29) is 11.6 Å². The van der Waals surface area contributed by atoms with E-state index in [9.17, 15) is 9.59 Å². The molecule has 0 amide bonds. The zero-order valence-corrected chi connectivity index (χ0v) is 15.8. The second-order valence-corrected chi connectivity index (χ2v) is 7.68. The predicted molar refractivity (Wildman–Crippen MR) is 104 cm³/mol. The first-order chi connectivity index (χ1) is 12.3. The number of anilines is 2. The standard InChI is InChI=1S/C22H24N2O2/c1-14-5-7-20-19(10-14)12-24-21-8-6-15(2)9-18(21)11-23(20)13-22(24,16(3)25)17(4)26/h5-10H,11-13H2,1-4H3. The van der Waals surface area contributed by atoms with E-state index in [2.05, 4.69) is 60.0 Å². The van der Waals surface area contributed by atoms with Gasteiger partial charge in [0.15, 0.2) is 17.1 Å². The van der Waals surface area contributed by atoms with E-state index in [0.717, 1.165) is 11.4 Å². The summed E-state index contributed by atoms with van der Waals surface area (Å²) in [5.74, 6) is -0.180. The SMILES string of the molecule is CC(=O)C1(C(C)=O)CN2Cc3cc(C)ccc3N1Cc1cc(C)ccc12. The smallest absolute Gasteiger partial charge is 0.175 e. The number of hydrogen-bond donors (Lipinski definition) is 0. The Morgan fingerprint density at radius 2 is 1.38 bits per heavy atom. The van der Waals surface area contributed by atoms with Crippen LogP contribution in [0, 0.1) is 13.8 Å². The van der Waals surface area contributed by atoms with Crippen molar-refractivity contribution in [3.05, 3.63) is 58.7 Å². The fraction of sp³-hybridized carbons (Fsp3) is 0.364. The van der Waals surface area contributed by atoms with Gasteiger partial charge in [0.25, 0.3) is 0 Å². The van der Waals surface area contributed by atoms with E-state index in [1.807, 2.05) is 0 Å².